The quantitative estimate of drug-likeness (QED) is 0.757. The van der Waals surface area contributed by atoms with Crippen LogP contribution in [0.15, 0.2) is 24.3 Å². The van der Waals surface area contributed by atoms with E-state index in [-0.39, 0.29) is 11.7 Å². The molecule has 100 valence electrons. The lowest BCUT2D eigenvalue weighted by Crippen LogP contribution is -2.15. The molecule has 1 heterocycles. The molecule has 0 aliphatic carbocycles. The Bertz CT molecular complexity index is 564. The van der Waals surface area contributed by atoms with E-state index < -0.39 is 0 Å². The van der Waals surface area contributed by atoms with E-state index in [1.165, 1.54) is 0 Å². The first kappa shape index (κ1) is 13.2. The summed E-state index contributed by atoms with van der Waals surface area (Å²) in [5.74, 6) is 0.537. The number of nitrogens with one attached hydrogen (secondary N) is 2. The molecule has 0 saturated heterocycles. The van der Waals surface area contributed by atoms with Crippen LogP contribution in [0.5, 0.6) is 0 Å². The molecule has 0 unspecified atom stereocenters. The molecule has 19 heavy (non-hydrogen) atoms. The third-order valence-electron chi connectivity index (χ3n) is 2.71. The molecular formula is C13H17N5O. The number of rotatable bonds is 5. The van der Waals surface area contributed by atoms with Crippen molar-refractivity contribution in [2.45, 2.75) is 26.3 Å². The predicted octanol–water partition coefficient (Wildman–Crippen LogP) is 1.47. The van der Waals surface area contributed by atoms with E-state index in [1.807, 2.05) is 25.1 Å². The van der Waals surface area contributed by atoms with Gasteiger partial charge in [-0.25, -0.2) is 4.98 Å². The molecule has 4 N–H and O–H groups in total. The number of nitrogens with zero attached hydrogens (tertiary/aromatic N) is 2. The van der Waals surface area contributed by atoms with E-state index >= 15 is 0 Å². The Balaban J connectivity index is 2.11. The molecule has 0 aliphatic rings. The minimum absolute atomic E-state index is 0.148. The lowest BCUT2D eigenvalue weighted by molar-refractivity contribution is 0.101. The van der Waals surface area contributed by atoms with Gasteiger partial charge in [-0.3, -0.25) is 9.89 Å². The fourth-order valence-corrected chi connectivity index (χ4v) is 1.74. The number of anilines is 1. The highest BCUT2D eigenvalue weighted by Gasteiger charge is 2.13. The summed E-state index contributed by atoms with van der Waals surface area (Å²) < 4.78 is 0. The van der Waals surface area contributed by atoms with Crippen LogP contribution >= 0.6 is 0 Å². The molecule has 2 aromatic rings. The SMILES string of the molecule is CCCc1nc(C(=O)Nc2ccccc2CN)n[nH]1. The molecule has 0 bridgehead atoms. The molecule has 0 spiro atoms. The van der Waals surface area contributed by atoms with E-state index in [1.54, 1.807) is 6.07 Å². The monoisotopic (exact) mass is 259 g/mol. The maximum absolute atomic E-state index is 12.0. The number of benzene rings is 1. The molecule has 0 saturated carbocycles. The summed E-state index contributed by atoms with van der Waals surface area (Å²) in [6.07, 6.45) is 1.73. The maximum atomic E-state index is 12.0. The van der Waals surface area contributed by atoms with Crippen molar-refractivity contribution in [2.24, 2.45) is 5.73 Å². The second-order valence-electron chi connectivity index (χ2n) is 4.17. The summed E-state index contributed by atoms with van der Waals surface area (Å²) in [6, 6.07) is 7.40. The lowest BCUT2D eigenvalue weighted by atomic mass is 10.2. The van der Waals surface area contributed by atoms with Gasteiger partial charge in [0.25, 0.3) is 5.91 Å². The highest BCUT2D eigenvalue weighted by Crippen LogP contribution is 2.14. The van der Waals surface area contributed by atoms with Crippen LogP contribution < -0.4 is 11.1 Å². The van der Waals surface area contributed by atoms with Gasteiger partial charge in [-0.2, -0.15) is 0 Å². The number of hydrogen-bond acceptors (Lipinski definition) is 4. The van der Waals surface area contributed by atoms with Crippen LogP contribution in [0.1, 0.15) is 35.4 Å². The van der Waals surface area contributed by atoms with Crippen LogP contribution in [0.3, 0.4) is 0 Å². The average molecular weight is 259 g/mol. The van der Waals surface area contributed by atoms with Crippen molar-refractivity contribution in [1.29, 1.82) is 0 Å². The van der Waals surface area contributed by atoms with Crippen molar-refractivity contribution < 1.29 is 4.79 Å². The molecule has 0 fully saturated rings. The molecule has 0 aliphatic heterocycles. The lowest BCUT2D eigenvalue weighted by Gasteiger charge is -2.07. The number of aromatic amines is 1. The van der Waals surface area contributed by atoms with Gasteiger partial charge in [-0.15, -0.1) is 5.10 Å². The number of nitrogens with two attached hydrogens (primary N) is 1. The topological polar surface area (TPSA) is 96.7 Å². The van der Waals surface area contributed by atoms with Gasteiger partial charge in [-0.1, -0.05) is 25.1 Å². The Morgan fingerprint density at radius 3 is 2.95 bits per heavy atom. The van der Waals surface area contributed by atoms with Gasteiger partial charge in [0.2, 0.25) is 5.82 Å². The summed E-state index contributed by atoms with van der Waals surface area (Å²) in [7, 11) is 0. The van der Waals surface area contributed by atoms with Crippen molar-refractivity contribution >= 4 is 11.6 Å². The number of carbonyl (C=O) groups excluding carboxylic acids is 1. The van der Waals surface area contributed by atoms with E-state index in [4.69, 9.17) is 5.73 Å². The predicted molar refractivity (Wildman–Crippen MR) is 72.7 cm³/mol. The molecule has 2 rings (SSSR count). The van der Waals surface area contributed by atoms with Crippen LogP contribution in [0, 0.1) is 0 Å². The van der Waals surface area contributed by atoms with Crippen LogP contribution in [-0.2, 0) is 13.0 Å². The zero-order valence-electron chi connectivity index (χ0n) is 10.8. The van der Waals surface area contributed by atoms with Crippen molar-refractivity contribution in [3.63, 3.8) is 0 Å². The molecule has 6 nitrogen and oxygen atoms in total. The Morgan fingerprint density at radius 2 is 2.21 bits per heavy atom. The van der Waals surface area contributed by atoms with Crippen molar-refractivity contribution in [3.8, 4) is 0 Å². The van der Waals surface area contributed by atoms with E-state index in [2.05, 4.69) is 20.5 Å². The minimum atomic E-state index is -0.334. The summed E-state index contributed by atoms with van der Waals surface area (Å²) in [4.78, 5) is 16.1. The van der Waals surface area contributed by atoms with Crippen molar-refractivity contribution in [2.75, 3.05) is 5.32 Å². The van der Waals surface area contributed by atoms with Gasteiger partial charge in [0.1, 0.15) is 5.82 Å². The van der Waals surface area contributed by atoms with Crippen LogP contribution in [0.2, 0.25) is 0 Å². The van der Waals surface area contributed by atoms with E-state index in [0.717, 1.165) is 24.2 Å². The highest BCUT2D eigenvalue weighted by molar-refractivity contribution is 6.01. The van der Waals surface area contributed by atoms with Crippen LogP contribution in [0.4, 0.5) is 5.69 Å². The highest BCUT2D eigenvalue weighted by atomic mass is 16.2. The first-order chi connectivity index (χ1) is 9.24. The van der Waals surface area contributed by atoms with Gasteiger partial charge in [0.15, 0.2) is 0 Å². The van der Waals surface area contributed by atoms with Crippen LogP contribution in [-0.4, -0.2) is 21.1 Å². The zero-order valence-corrected chi connectivity index (χ0v) is 10.8. The van der Waals surface area contributed by atoms with Crippen molar-refractivity contribution in [3.05, 3.63) is 41.5 Å². The summed E-state index contributed by atoms with van der Waals surface area (Å²) in [5, 5.41) is 9.43. The Morgan fingerprint density at radius 1 is 1.42 bits per heavy atom. The normalized spacial score (nSPS) is 10.4. The van der Waals surface area contributed by atoms with Crippen LogP contribution in [0.25, 0.3) is 0 Å². The van der Waals surface area contributed by atoms with E-state index in [0.29, 0.717) is 12.2 Å². The largest absolute Gasteiger partial charge is 0.326 e. The maximum Gasteiger partial charge on any atom is 0.295 e. The van der Waals surface area contributed by atoms with Gasteiger partial charge >= 0.3 is 0 Å². The average Bonchev–Trinajstić information content (AvgIpc) is 2.88. The van der Waals surface area contributed by atoms with Gasteiger partial charge in [0, 0.05) is 18.7 Å². The molecular weight excluding hydrogens is 242 g/mol. The fraction of sp³-hybridized carbons (Fsp3) is 0.308. The molecule has 1 aromatic heterocycles. The summed E-state index contributed by atoms with van der Waals surface area (Å²) in [5.41, 5.74) is 7.19. The third kappa shape index (κ3) is 3.17. The smallest absolute Gasteiger partial charge is 0.295 e. The first-order valence-corrected chi connectivity index (χ1v) is 6.25. The second kappa shape index (κ2) is 6.10. The number of H-pyrrole nitrogens is 1. The van der Waals surface area contributed by atoms with Gasteiger partial charge < -0.3 is 11.1 Å². The zero-order chi connectivity index (χ0) is 13.7. The number of amides is 1. The first-order valence-electron chi connectivity index (χ1n) is 6.25. The molecule has 1 aromatic carbocycles. The fourth-order valence-electron chi connectivity index (χ4n) is 1.74. The summed E-state index contributed by atoms with van der Waals surface area (Å²) >= 11 is 0. The minimum Gasteiger partial charge on any atom is -0.326 e. The molecule has 0 atom stereocenters. The number of carbonyl (C=O) groups is 1. The molecule has 0 radical (unpaired) electrons. The number of aryl methyl sites for hydroxylation is 1. The summed E-state index contributed by atoms with van der Waals surface area (Å²) in [6.45, 7) is 2.41. The Labute approximate surface area is 111 Å². The third-order valence-corrected chi connectivity index (χ3v) is 2.71. The number of aromatic nitrogens is 3. The van der Waals surface area contributed by atoms with Gasteiger partial charge in [0.05, 0.1) is 0 Å². The van der Waals surface area contributed by atoms with E-state index in [9.17, 15) is 4.79 Å². The Kier molecular flexibility index (Phi) is 4.25. The number of para-hydroxylation sites is 1. The molecule has 1 amide bonds. The molecule has 6 heteroatoms. The number of hydrogen-bond donors (Lipinski definition) is 3. The standard InChI is InChI=1S/C13H17N5O/c1-2-5-11-16-12(18-17-11)13(19)15-10-7-4-3-6-9(10)8-14/h3-4,6-7H,2,5,8,14H2,1H3,(H,15,19)(H,16,17,18). The Hall–Kier alpha value is -2.21. The second-order valence-corrected chi connectivity index (χ2v) is 4.17. The van der Waals surface area contributed by atoms with Crippen molar-refractivity contribution in [1.82, 2.24) is 15.2 Å². The van der Waals surface area contributed by atoms with Gasteiger partial charge in [-0.05, 0) is 18.1 Å².